The van der Waals surface area contributed by atoms with Crippen LogP contribution in [0.1, 0.15) is 30.5 Å². The maximum atomic E-state index is 9.66. The van der Waals surface area contributed by atoms with Crippen LogP contribution in [-0.2, 0) is 5.41 Å². The first-order valence-electron chi connectivity index (χ1n) is 8.48. The third kappa shape index (κ3) is 2.19. The van der Waals surface area contributed by atoms with Gasteiger partial charge >= 0.3 is 0 Å². The van der Waals surface area contributed by atoms with Crippen LogP contribution in [0, 0.1) is 17.9 Å². The van der Waals surface area contributed by atoms with E-state index in [-0.39, 0.29) is 5.41 Å². The number of para-hydroxylation sites is 2. The normalized spacial score (nSPS) is 13.9. The topological polar surface area (TPSA) is 31.4 Å². The van der Waals surface area contributed by atoms with Crippen molar-refractivity contribution in [1.82, 2.24) is 0 Å². The fraction of sp³-hybridized carbons (Fsp3) is 0.130. The third-order valence-electron chi connectivity index (χ3n) is 5.11. The molecule has 0 fully saturated rings. The van der Waals surface area contributed by atoms with Gasteiger partial charge in [0.05, 0.1) is 29.2 Å². The lowest BCUT2D eigenvalue weighted by molar-refractivity contribution is 0.632. The highest BCUT2D eigenvalue weighted by molar-refractivity contribution is 5.88. The molecule has 0 saturated heterocycles. The van der Waals surface area contributed by atoms with E-state index >= 15 is 0 Å². The molecule has 0 bridgehead atoms. The summed E-state index contributed by atoms with van der Waals surface area (Å²) in [7, 11) is 0. The molecule has 0 amide bonds. The van der Waals surface area contributed by atoms with E-state index < -0.39 is 0 Å². The summed E-state index contributed by atoms with van der Waals surface area (Å²) in [5, 5.41) is 9.66. The van der Waals surface area contributed by atoms with Gasteiger partial charge in [0, 0.05) is 5.41 Å². The Morgan fingerprint density at radius 1 is 0.885 bits per heavy atom. The molecule has 1 aliphatic rings. The highest BCUT2D eigenvalue weighted by Crippen LogP contribution is 2.52. The van der Waals surface area contributed by atoms with Crippen LogP contribution in [0.3, 0.4) is 0 Å². The summed E-state index contributed by atoms with van der Waals surface area (Å²) in [5.41, 5.74) is 6.20. The maximum absolute atomic E-state index is 9.66. The van der Waals surface area contributed by atoms with Gasteiger partial charge in [-0.1, -0.05) is 62.4 Å². The van der Waals surface area contributed by atoms with Crippen molar-refractivity contribution in [3.8, 4) is 6.07 Å². The standard InChI is InChI=1S/C23H17N3/c1-23(2)18-8-4-6-10-20(18)26(21-11-7-5-9-19(21)23)22-14-17(25-3)13-12-16(22)15-24/h4-14H,1-2H3. The second kappa shape index (κ2) is 5.76. The molecule has 26 heavy (non-hydrogen) atoms. The molecule has 0 unspecified atom stereocenters. The lowest BCUT2D eigenvalue weighted by atomic mass is 9.73. The zero-order valence-corrected chi connectivity index (χ0v) is 14.7. The first-order valence-corrected chi connectivity index (χ1v) is 8.48. The van der Waals surface area contributed by atoms with Crippen molar-refractivity contribution in [2.45, 2.75) is 19.3 Å². The monoisotopic (exact) mass is 335 g/mol. The molecule has 3 nitrogen and oxygen atoms in total. The second-order valence-electron chi connectivity index (χ2n) is 6.92. The largest absolute Gasteiger partial charge is 0.310 e. The number of benzene rings is 3. The minimum atomic E-state index is -0.145. The van der Waals surface area contributed by atoms with Crippen LogP contribution in [0.4, 0.5) is 22.7 Å². The van der Waals surface area contributed by atoms with Gasteiger partial charge < -0.3 is 4.90 Å². The first-order chi connectivity index (χ1) is 12.6. The number of hydrogen-bond acceptors (Lipinski definition) is 2. The Hall–Kier alpha value is -3.56. The van der Waals surface area contributed by atoms with Crippen LogP contribution in [0.25, 0.3) is 4.85 Å². The van der Waals surface area contributed by atoms with Gasteiger partial charge in [-0.3, -0.25) is 0 Å². The summed E-state index contributed by atoms with van der Waals surface area (Å²) in [6.45, 7) is 11.8. The van der Waals surface area contributed by atoms with Gasteiger partial charge in [0.1, 0.15) is 6.07 Å². The SMILES string of the molecule is [C-]#[N+]c1ccc(C#N)c(N2c3ccccc3C(C)(C)c3ccccc32)c1. The maximum Gasteiger partial charge on any atom is 0.189 e. The Morgan fingerprint density at radius 2 is 1.46 bits per heavy atom. The minimum Gasteiger partial charge on any atom is -0.310 e. The Kier molecular flexibility index (Phi) is 3.53. The summed E-state index contributed by atoms with van der Waals surface area (Å²) < 4.78 is 0. The molecule has 1 heterocycles. The molecule has 0 saturated carbocycles. The van der Waals surface area contributed by atoms with Crippen molar-refractivity contribution in [3.63, 3.8) is 0 Å². The van der Waals surface area contributed by atoms with Gasteiger partial charge in [-0.25, -0.2) is 4.85 Å². The predicted octanol–water partition coefficient (Wildman–Crippen LogP) is 6.22. The molecule has 0 aliphatic carbocycles. The van der Waals surface area contributed by atoms with Crippen LogP contribution >= 0.6 is 0 Å². The summed E-state index contributed by atoms with van der Waals surface area (Å²) in [4.78, 5) is 5.67. The van der Waals surface area contributed by atoms with Crippen molar-refractivity contribution in [2.75, 3.05) is 4.90 Å². The van der Waals surface area contributed by atoms with Crippen molar-refractivity contribution < 1.29 is 0 Å². The van der Waals surface area contributed by atoms with Crippen LogP contribution in [0.15, 0.2) is 66.7 Å². The van der Waals surface area contributed by atoms with E-state index in [4.69, 9.17) is 6.57 Å². The fourth-order valence-electron chi connectivity index (χ4n) is 3.80. The zero-order chi connectivity index (χ0) is 18.3. The molecule has 3 aromatic carbocycles. The predicted molar refractivity (Wildman–Crippen MR) is 104 cm³/mol. The summed E-state index contributed by atoms with van der Waals surface area (Å²) >= 11 is 0. The molecular formula is C23H17N3. The number of anilines is 3. The molecule has 3 heteroatoms. The summed E-state index contributed by atoms with van der Waals surface area (Å²) in [6, 6.07) is 24.1. The van der Waals surface area contributed by atoms with Crippen molar-refractivity contribution >= 4 is 22.7 Å². The van der Waals surface area contributed by atoms with Gasteiger partial charge in [0.15, 0.2) is 5.69 Å². The number of fused-ring (bicyclic) bond motifs is 2. The van der Waals surface area contributed by atoms with Crippen LogP contribution in [0.5, 0.6) is 0 Å². The molecule has 0 atom stereocenters. The average molecular weight is 335 g/mol. The lowest BCUT2D eigenvalue weighted by Crippen LogP contribution is -2.30. The smallest absolute Gasteiger partial charge is 0.189 e. The highest BCUT2D eigenvalue weighted by atomic mass is 15.2. The van der Waals surface area contributed by atoms with Gasteiger partial charge in [0.25, 0.3) is 0 Å². The Morgan fingerprint density at radius 3 is 2.00 bits per heavy atom. The number of hydrogen-bond donors (Lipinski definition) is 0. The lowest BCUT2D eigenvalue weighted by Gasteiger charge is -2.42. The van der Waals surface area contributed by atoms with E-state index in [1.54, 1.807) is 18.2 Å². The molecule has 1 aliphatic heterocycles. The van der Waals surface area contributed by atoms with Crippen molar-refractivity contribution in [3.05, 3.63) is 94.8 Å². The van der Waals surface area contributed by atoms with Crippen LogP contribution in [0.2, 0.25) is 0 Å². The van der Waals surface area contributed by atoms with E-state index in [1.807, 2.05) is 24.3 Å². The van der Waals surface area contributed by atoms with Gasteiger partial charge in [-0.2, -0.15) is 5.26 Å². The highest BCUT2D eigenvalue weighted by Gasteiger charge is 2.36. The fourth-order valence-corrected chi connectivity index (χ4v) is 3.80. The molecule has 124 valence electrons. The van der Waals surface area contributed by atoms with E-state index in [1.165, 1.54) is 11.1 Å². The van der Waals surface area contributed by atoms with Gasteiger partial charge in [-0.15, -0.1) is 0 Å². The van der Waals surface area contributed by atoms with Gasteiger partial charge in [-0.05, 0) is 29.3 Å². The molecular weight excluding hydrogens is 318 g/mol. The number of nitriles is 1. The Labute approximate surface area is 153 Å². The summed E-state index contributed by atoms with van der Waals surface area (Å²) in [6.07, 6.45) is 0. The van der Waals surface area contributed by atoms with Crippen LogP contribution in [-0.4, -0.2) is 0 Å². The third-order valence-corrected chi connectivity index (χ3v) is 5.11. The Bertz CT molecular complexity index is 1050. The van der Waals surface area contributed by atoms with E-state index in [9.17, 15) is 5.26 Å². The molecule has 0 spiro atoms. The van der Waals surface area contributed by atoms with E-state index in [0.717, 1.165) is 17.1 Å². The zero-order valence-electron chi connectivity index (χ0n) is 14.7. The molecule has 4 rings (SSSR count). The number of nitrogens with zero attached hydrogens (tertiary/aromatic N) is 3. The molecule has 3 aromatic rings. The van der Waals surface area contributed by atoms with Crippen molar-refractivity contribution in [1.29, 1.82) is 5.26 Å². The van der Waals surface area contributed by atoms with E-state index in [2.05, 4.69) is 53.9 Å². The van der Waals surface area contributed by atoms with E-state index in [0.29, 0.717) is 11.3 Å². The molecule has 0 aromatic heterocycles. The minimum absolute atomic E-state index is 0.145. The average Bonchev–Trinajstić information content (AvgIpc) is 2.68. The Balaban J connectivity index is 2.09. The van der Waals surface area contributed by atoms with Crippen LogP contribution < -0.4 is 4.90 Å². The second-order valence-corrected chi connectivity index (χ2v) is 6.92. The van der Waals surface area contributed by atoms with Gasteiger partial charge in [0.2, 0.25) is 0 Å². The summed E-state index contributed by atoms with van der Waals surface area (Å²) in [5.74, 6) is 0. The molecule has 0 N–H and O–H groups in total. The first kappa shape index (κ1) is 15.9. The van der Waals surface area contributed by atoms with Crippen molar-refractivity contribution in [2.24, 2.45) is 0 Å². The molecule has 0 radical (unpaired) electrons. The quantitative estimate of drug-likeness (QED) is 0.494. The number of rotatable bonds is 1.